The summed E-state index contributed by atoms with van der Waals surface area (Å²) in [5.41, 5.74) is 3.19. The molecule has 1 aromatic carbocycles. The lowest BCUT2D eigenvalue weighted by Crippen LogP contribution is -2.36. The number of methoxy groups -OCH3 is 3. The zero-order valence-electron chi connectivity index (χ0n) is 18.3. The Morgan fingerprint density at radius 1 is 1.16 bits per heavy atom. The Labute approximate surface area is 199 Å². The van der Waals surface area contributed by atoms with Gasteiger partial charge in [-0.15, -0.1) is 11.3 Å². The fraction of sp³-hybridized carbons (Fsp3) is 0.333. The zero-order valence-corrected chi connectivity index (χ0v) is 20.7. The molecular formula is C24H24BrNO5S. The summed E-state index contributed by atoms with van der Waals surface area (Å²) in [4.78, 5) is 27.6. The quantitative estimate of drug-likeness (QED) is 0.558. The van der Waals surface area contributed by atoms with Crippen molar-refractivity contribution in [1.29, 1.82) is 0 Å². The molecule has 1 aliphatic carbocycles. The van der Waals surface area contributed by atoms with Crippen molar-refractivity contribution in [1.82, 2.24) is 5.32 Å². The maximum absolute atomic E-state index is 13.6. The highest BCUT2D eigenvalue weighted by Crippen LogP contribution is 2.49. The maximum atomic E-state index is 13.6. The number of ketones is 1. The fourth-order valence-corrected chi connectivity index (χ4v) is 5.88. The molecule has 2 heterocycles. The molecule has 8 heteroatoms. The van der Waals surface area contributed by atoms with Crippen LogP contribution in [0.15, 0.2) is 56.7 Å². The minimum atomic E-state index is -0.618. The van der Waals surface area contributed by atoms with Crippen LogP contribution in [-0.2, 0) is 14.3 Å². The van der Waals surface area contributed by atoms with Crippen LogP contribution in [-0.4, -0.2) is 33.1 Å². The molecule has 32 heavy (non-hydrogen) atoms. The van der Waals surface area contributed by atoms with E-state index in [9.17, 15) is 9.59 Å². The Bertz CT molecular complexity index is 1140. The molecule has 2 atom stereocenters. The first-order valence-electron chi connectivity index (χ1n) is 10.2. The lowest BCUT2D eigenvalue weighted by Gasteiger charge is -2.36. The van der Waals surface area contributed by atoms with Crippen LogP contribution in [0.2, 0.25) is 0 Å². The first kappa shape index (κ1) is 22.6. The van der Waals surface area contributed by atoms with Gasteiger partial charge in [0.2, 0.25) is 0 Å². The predicted octanol–water partition coefficient (Wildman–Crippen LogP) is 5.06. The van der Waals surface area contributed by atoms with Gasteiger partial charge in [-0.3, -0.25) is 4.79 Å². The molecule has 1 aromatic heterocycles. The number of thiophene rings is 1. The topological polar surface area (TPSA) is 73.9 Å². The number of nitrogens with one attached hydrogen (secondary N) is 1. The Morgan fingerprint density at radius 2 is 1.91 bits per heavy atom. The summed E-state index contributed by atoms with van der Waals surface area (Å²) < 4.78 is 17.0. The highest BCUT2D eigenvalue weighted by Gasteiger charge is 2.42. The molecule has 6 nitrogen and oxygen atoms in total. The van der Waals surface area contributed by atoms with Crippen molar-refractivity contribution in [3.8, 4) is 11.5 Å². The average molecular weight is 518 g/mol. The number of esters is 1. The largest absolute Gasteiger partial charge is 0.496 e. The minimum Gasteiger partial charge on any atom is -0.496 e. The number of Topliss-reactive ketones (excluding diaryl/α,β-unsaturated/α-hetero) is 1. The van der Waals surface area contributed by atoms with Crippen molar-refractivity contribution in [3.63, 3.8) is 0 Å². The van der Waals surface area contributed by atoms with Crippen LogP contribution in [0.1, 0.15) is 42.0 Å². The molecule has 168 valence electrons. The smallest absolute Gasteiger partial charge is 0.336 e. The van der Waals surface area contributed by atoms with Gasteiger partial charge in [-0.25, -0.2) is 4.79 Å². The number of ether oxygens (including phenoxy) is 3. The Hall–Kier alpha value is -2.58. The van der Waals surface area contributed by atoms with Gasteiger partial charge in [-0.05, 0) is 52.9 Å². The van der Waals surface area contributed by atoms with E-state index in [0.29, 0.717) is 46.7 Å². The summed E-state index contributed by atoms with van der Waals surface area (Å²) in [5, 5.41) is 5.37. The average Bonchev–Trinajstić information content (AvgIpc) is 3.32. The lowest BCUT2D eigenvalue weighted by molar-refractivity contribution is -0.136. The molecule has 0 saturated heterocycles. The first-order chi connectivity index (χ1) is 15.4. The number of carbonyl (C=O) groups is 2. The number of benzene rings is 1. The molecular weight excluding hydrogens is 494 g/mol. The standard InChI is InChI=1S/C24H24BrNO5S/c1-12-21(24(28)31-4)22(14-10-19(30-3)15(25)11-18(14)29-2)23-16(26-12)8-13(9-17(23)27)20-6-5-7-32-20/h5-7,10-11,13,22,26H,8-9H2,1-4H3/t13-,22-/m0/s1. The van der Waals surface area contributed by atoms with E-state index in [1.165, 1.54) is 12.0 Å². The second-order valence-electron chi connectivity index (χ2n) is 7.75. The number of allylic oxidation sites excluding steroid dienone is 3. The van der Waals surface area contributed by atoms with Gasteiger partial charge < -0.3 is 19.5 Å². The van der Waals surface area contributed by atoms with Crippen LogP contribution < -0.4 is 14.8 Å². The van der Waals surface area contributed by atoms with E-state index >= 15 is 0 Å². The van der Waals surface area contributed by atoms with Gasteiger partial charge in [0.1, 0.15) is 11.5 Å². The molecule has 2 aromatic rings. The van der Waals surface area contributed by atoms with Gasteiger partial charge in [0.05, 0.1) is 37.3 Å². The molecule has 0 radical (unpaired) electrons. The van der Waals surface area contributed by atoms with E-state index in [1.54, 1.807) is 31.6 Å². The predicted molar refractivity (Wildman–Crippen MR) is 126 cm³/mol. The van der Waals surface area contributed by atoms with E-state index in [1.807, 2.05) is 24.4 Å². The summed E-state index contributed by atoms with van der Waals surface area (Å²) in [6.45, 7) is 1.84. The van der Waals surface area contributed by atoms with E-state index in [0.717, 1.165) is 10.2 Å². The number of dihydropyridines is 1. The summed E-state index contributed by atoms with van der Waals surface area (Å²) in [7, 11) is 4.49. The molecule has 1 N–H and O–H groups in total. The highest BCUT2D eigenvalue weighted by atomic mass is 79.9. The van der Waals surface area contributed by atoms with Crippen molar-refractivity contribution in [2.45, 2.75) is 31.6 Å². The van der Waals surface area contributed by atoms with Gasteiger partial charge >= 0.3 is 5.97 Å². The third-order valence-corrected chi connectivity index (χ3v) is 7.65. The minimum absolute atomic E-state index is 0.0139. The second kappa shape index (κ2) is 9.11. The lowest BCUT2D eigenvalue weighted by atomic mass is 9.72. The molecule has 0 saturated carbocycles. The van der Waals surface area contributed by atoms with Crippen LogP contribution in [0.5, 0.6) is 11.5 Å². The maximum Gasteiger partial charge on any atom is 0.336 e. The van der Waals surface area contributed by atoms with E-state index in [-0.39, 0.29) is 11.7 Å². The van der Waals surface area contributed by atoms with Gasteiger partial charge in [0, 0.05) is 39.7 Å². The van der Waals surface area contributed by atoms with Crippen LogP contribution in [0.25, 0.3) is 0 Å². The molecule has 0 unspecified atom stereocenters. The highest BCUT2D eigenvalue weighted by molar-refractivity contribution is 9.10. The number of halogens is 1. The van der Waals surface area contributed by atoms with Gasteiger partial charge in [0.25, 0.3) is 0 Å². The molecule has 1 aliphatic heterocycles. The van der Waals surface area contributed by atoms with Crippen LogP contribution in [0, 0.1) is 0 Å². The van der Waals surface area contributed by atoms with Crippen LogP contribution in [0.4, 0.5) is 0 Å². The van der Waals surface area contributed by atoms with Crippen molar-refractivity contribution in [2.24, 2.45) is 0 Å². The zero-order chi connectivity index (χ0) is 23.0. The SMILES string of the molecule is COC(=O)C1=C(C)NC2=C(C(=O)C[C@@H](c3cccs3)C2)[C@H]1c1cc(OC)c(Br)cc1OC. The molecule has 0 amide bonds. The molecule has 0 fully saturated rings. The Morgan fingerprint density at radius 3 is 2.53 bits per heavy atom. The third kappa shape index (κ3) is 3.86. The normalized spacial score (nSPS) is 20.6. The van der Waals surface area contributed by atoms with Crippen molar-refractivity contribution < 1.29 is 23.8 Å². The van der Waals surface area contributed by atoms with E-state index in [2.05, 4.69) is 27.3 Å². The van der Waals surface area contributed by atoms with Gasteiger partial charge in [0.15, 0.2) is 5.78 Å². The molecule has 0 spiro atoms. The fourth-order valence-electron chi connectivity index (χ4n) is 4.56. The second-order valence-corrected chi connectivity index (χ2v) is 9.59. The number of hydrogen-bond acceptors (Lipinski definition) is 7. The van der Waals surface area contributed by atoms with Crippen LogP contribution in [0.3, 0.4) is 0 Å². The number of hydrogen-bond donors (Lipinski definition) is 1. The van der Waals surface area contributed by atoms with Crippen LogP contribution >= 0.6 is 27.3 Å². The molecule has 0 bridgehead atoms. The molecule has 2 aliphatic rings. The Balaban J connectivity index is 1.91. The summed E-state index contributed by atoms with van der Waals surface area (Å²) in [6.07, 6.45) is 1.08. The third-order valence-electron chi connectivity index (χ3n) is 5.99. The summed E-state index contributed by atoms with van der Waals surface area (Å²) >= 11 is 5.15. The summed E-state index contributed by atoms with van der Waals surface area (Å²) in [6, 6.07) is 7.69. The number of carbonyl (C=O) groups excluding carboxylic acids is 2. The summed E-state index contributed by atoms with van der Waals surface area (Å²) in [5.74, 6) is 0.168. The number of rotatable bonds is 5. The van der Waals surface area contributed by atoms with E-state index in [4.69, 9.17) is 14.2 Å². The van der Waals surface area contributed by atoms with Crippen molar-refractivity contribution in [3.05, 3.63) is 67.1 Å². The van der Waals surface area contributed by atoms with Crippen molar-refractivity contribution in [2.75, 3.05) is 21.3 Å². The monoisotopic (exact) mass is 517 g/mol. The van der Waals surface area contributed by atoms with E-state index < -0.39 is 11.9 Å². The van der Waals surface area contributed by atoms with Crippen molar-refractivity contribution >= 4 is 39.0 Å². The van der Waals surface area contributed by atoms with Gasteiger partial charge in [-0.1, -0.05) is 6.07 Å². The Kier molecular flexibility index (Phi) is 6.44. The molecule has 4 rings (SSSR count). The first-order valence-corrected chi connectivity index (χ1v) is 11.8. The van der Waals surface area contributed by atoms with Gasteiger partial charge in [-0.2, -0.15) is 0 Å².